The Hall–Kier alpha value is -1.31. The zero-order chi connectivity index (χ0) is 14.1. The van der Waals surface area contributed by atoms with Crippen molar-refractivity contribution in [2.75, 3.05) is 0 Å². The molecule has 0 radical (unpaired) electrons. The average Bonchev–Trinajstić information content (AvgIpc) is 2.90. The van der Waals surface area contributed by atoms with Crippen LogP contribution in [0.3, 0.4) is 0 Å². The van der Waals surface area contributed by atoms with Gasteiger partial charge in [0.05, 0.1) is 5.38 Å². The molecule has 0 spiro atoms. The minimum absolute atomic E-state index is 0.0615. The standard InChI is InChI=1S/C18H17ClS/c1-12(2)13-7-9-14(10-8-13)18(19)17-11-15-5-3-4-6-16(15)20-17/h3-12,18H,1-2H3. The smallest absolute Gasteiger partial charge is 0.0928 e. The molecule has 102 valence electrons. The molecule has 0 amide bonds. The van der Waals surface area contributed by atoms with Crippen molar-refractivity contribution in [3.05, 3.63) is 70.6 Å². The molecule has 3 rings (SSSR count). The maximum atomic E-state index is 6.65. The molecule has 0 bridgehead atoms. The minimum atomic E-state index is -0.0615. The Balaban J connectivity index is 1.93. The second-order valence-electron chi connectivity index (χ2n) is 5.37. The lowest BCUT2D eigenvalue weighted by Crippen LogP contribution is -1.92. The molecule has 0 nitrogen and oxygen atoms in total. The summed E-state index contributed by atoms with van der Waals surface area (Å²) >= 11 is 8.42. The number of alkyl halides is 1. The highest BCUT2D eigenvalue weighted by Gasteiger charge is 2.14. The molecule has 3 aromatic rings. The van der Waals surface area contributed by atoms with Crippen LogP contribution in [-0.2, 0) is 0 Å². The van der Waals surface area contributed by atoms with Gasteiger partial charge >= 0.3 is 0 Å². The molecule has 1 heterocycles. The van der Waals surface area contributed by atoms with E-state index in [4.69, 9.17) is 11.6 Å². The van der Waals surface area contributed by atoms with Crippen LogP contribution in [0.15, 0.2) is 54.6 Å². The summed E-state index contributed by atoms with van der Waals surface area (Å²) in [5.74, 6) is 0.558. The fourth-order valence-electron chi connectivity index (χ4n) is 2.34. The second-order valence-corrected chi connectivity index (χ2v) is 6.92. The lowest BCUT2D eigenvalue weighted by Gasteiger charge is -2.10. The van der Waals surface area contributed by atoms with Gasteiger partial charge < -0.3 is 0 Å². The van der Waals surface area contributed by atoms with Crippen LogP contribution in [0.5, 0.6) is 0 Å². The summed E-state index contributed by atoms with van der Waals surface area (Å²) in [6.45, 7) is 4.42. The van der Waals surface area contributed by atoms with Crippen LogP contribution in [-0.4, -0.2) is 0 Å². The van der Waals surface area contributed by atoms with Crippen molar-refractivity contribution >= 4 is 33.0 Å². The van der Waals surface area contributed by atoms with E-state index in [9.17, 15) is 0 Å². The molecule has 0 aliphatic carbocycles. The Bertz CT molecular complexity index is 677. The maximum absolute atomic E-state index is 6.65. The third-order valence-corrected chi connectivity index (χ3v) is 5.39. The molecule has 1 aromatic heterocycles. The highest BCUT2D eigenvalue weighted by Crippen LogP contribution is 2.37. The molecule has 1 atom stereocenters. The maximum Gasteiger partial charge on any atom is 0.0928 e. The normalized spacial score (nSPS) is 13.0. The topological polar surface area (TPSA) is 0 Å². The zero-order valence-corrected chi connectivity index (χ0v) is 13.2. The monoisotopic (exact) mass is 300 g/mol. The van der Waals surface area contributed by atoms with Gasteiger partial charge in [-0.1, -0.05) is 56.3 Å². The van der Waals surface area contributed by atoms with Crippen LogP contribution in [0.1, 0.15) is 41.1 Å². The average molecular weight is 301 g/mol. The zero-order valence-electron chi connectivity index (χ0n) is 11.6. The Labute approximate surface area is 129 Å². The Morgan fingerprint density at radius 3 is 2.20 bits per heavy atom. The molecule has 20 heavy (non-hydrogen) atoms. The van der Waals surface area contributed by atoms with E-state index < -0.39 is 0 Å². The van der Waals surface area contributed by atoms with Gasteiger partial charge in [0.1, 0.15) is 0 Å². The van der Waals surface area contributed by atoms with E-state index in [1.807, 2.05) is 0 Å². The van der Waals surface area contributed by atoms with E-state index in [0.717, 1.165) is 0 Å². The van der Waals surface area contributed by atoms with Crippen LogP contribution < -0.4 is 0 Å². The molecule has 0 N–H and O–H groups in total. The van der Waals surface area contributed by atoms with Gasteiger partial charge in [0.2, 0.25) is 0 Å². The quantitative estimate of drug-likeness (QED) is 0.494. The fourth-order valence-corrected chi connectivity index (χ4v) is 3.75. The van der Waals surface area contributed by atoms with Crippen LogP contribution >= 0.6 is 22.9 Å². The third-order valence-electron chi connectivity index (χ3n) is 3.59. The summed E-state index contributed by atoms with van der Waals surface area (Å²) in [6, 6.07) is 19.3. The van der Waals surface area contributed by atoms with E-state index in [1.165, 1.54) is 26.1 Å². The van der Waals surface area contributed by atoms with Crippen molar-refractivity contribution < 1.29 is 0 Å². The van der Waals surface area contributed by atoms with Crippen molar-refractivity contribution in [3.63, 3.8) is 0 Å². The number of fused-ring (bicyclic) bond motifs is 1. The Kier molecular flexibility index (Phi) is 3.82. The van der Waals surface area contributed by atoms with Gasteiger partial charge in [-0.25, -0.2) is 0 Å². The van der Waals surface area contributed by atoms with Gasteiger partial charge in [0.25, 0.3) is 0 Å². The minimum Gasteiger partial charge on any atom is -0.138 e. The molecule has 2 aromatic carbocycles. The van der Waals surface area contributed by atoms with E-state index in [-0.39, 0.29) is 5.38 Å². The summed E-state index contributed by atoms with van der Waals surface area (Å²) in [5.41, 5.74) is 2.52. The molecule has 0 saturated heterocycles. The van der Waals surface area contributed by atoms with Crippen LogP contribution in [0.4, 0.5) is 0 Å². The first-order valence-corrected chi connectivity index (χ1v) is 8.13. The first kappa shape index (κ1) is 13.7. The number of hydrogen-bond acceptors (Lipinski definition) is 1. The summed E-state index contributed by atoms with van der Waals surface area (Å²) in [5, 5.41) is 1.21. The van der Waals surface area contributed by atoms with E-state index in [2.05, 4.69) is 68.4 Å². The summed E-state index contributed by atoms with van der Waals surface area (Å²) in [6.07, 6.45) is 0. The molecule has 2 heteroatoms. The molecular formula is C18H17ClS. The highest BCUT2D eigenvalue weighted by molar-refractivity contribution is 7.19. The predicted octanol–water partition coefficient (Wildman–Crippen LogP) is 6.35. The molecular weight excluding hydrogens is 284 g/mol. The number of thiophene rings is 1. The Morgan fingerprint density at radius 1 is 0.900 bits per heavy atom. The Morgan fingerprint density at radius 2 is 1.55 bits per heavy atom. The fraction of sp³-hybridized carbons (Fsp3) is 0.222. The summed E-state index contributed by atoms with van der Waals surface area (Å²) in [4.78, 5) is 1.21. The van der Waals surface area contributed by atoms with Crippen molar-refractivity contribution in [2.45, 2.75) is 25.1 Å². The number of hydrogen-bond donors (Lipinski definition) is 0. The van der Waals surface area contributed by atoms with Gasteiger partial charge in [-0.2, -0.15) is 0 Å². The van der Waals surface area contributed by atoms with E-state index in [0.29, 0.717) is 5.92 Å². The summed E-state index contributed by atoms with van der Waals surface area (Å²) < 4.78 is 1.30. The lowest BCUT2D eigenvalue weighted by molar-refractivity contribution is 0.865. The largest absolute Gasteiger partial charge is 0.138 e. The van der Waals surface area contributed by atoms with Crippen LogP contribution in [0.2, 0.25) is 0 Å². The van der Waals surface area contributed by atoms with Crippen LogP contribution in [0.25, 0.3) is 10.1 Å². The SMILES string of the molecule is CC(C)c1ccc(C(Cl)c2cc3ccccc3s2)cc1. The van der Waals surface area contributed by atoms with Crippen LogP contribution in [0, 0.1) is 0 Å². The first-order chi connectivity index (χ1) is 9.65. The molecule has 0 aliphatic heterocycles. The highest BCUT2D eigenvalue weighted by atomic mass is 35.5. The van der Waals surface area contributed by atoms with E-state index >= 15 is 0 Å². The lowest BCUT2D eigenvalue weighted by atomic mass is 10.0. The van der Waals surface area contributed by atoms with Gasteiger partial charge in [-0.15, -0.1) is 22.9 Å². The molecule has 0 saturated carbocycles. The van der Waals surface area contributed by atoms with Gasteiger partial charge in [0, 0.05) is 9.58 Å². The van der Waals surface area contributed by atoms with Gasteiger partial charge in [0.15, 0.2) is 0 Å². The van der Waals surface area contributed by atoms with Crippen molar-refractivity contribution in [1.29, 1.82) is 0 Å². The number of benzene rings is 2. The van der Waals surface area contributed by atoms with Crippen molar-refractivity contribution in [3.8, 4) is 0 Å². The predicted molar refractivity (Wildman–Crippen MR) is 90.1 cm³/mol. The second kappa shape index (κ2) is 5.59. The molecule has 0 fully saturated rings. The molecule has 0 aliphatic rings. The van der Waals surface area contributed by atoms with Gasteiger partial charge in [-0.3, -0.25) is 0 Å². The summed E-state index contributed by atoms with van der Waals surface area (Å²) in [7, 11) is 0. The van der Waals surface area contributed by atoms with Crippen molar-refractivity contribution in [2.24, 2.45) is 0 Å². The van der Waals surface area contributed by atoms with E-state index in [1.54, 1.807) is 11.3 Å². The van der Waals surface area contributed by atoms with Crippen molar-refractivity contribution in [1.82, 2.24) is 0 Å². The number of halogens is 1. The first-order valence-electron chi connectivity index (χ1n) is 6.87. The number of rotatable bonds is 3. The third kappa shape index (κ3) is 2.61. The molecule has 1 unspecified atom stereocenters. The van der Waals surface area contributed by atoms with Gasteiger partial charge in [-0.05, 0) is 34.6 Å².